The van der Waals surface area contributed by atoms with Crippen LogP contribution in [0, 0.1) is 6.92 Å². The molecule has 3 aromatic rings. The molecule has 0 saturated heterocycles. The normalized spacial score (nSPS) is 10.8. The number of aryl methyl sites for hydroxylation is 1. The molecule has 4 nitrogen and oxygen atoms in total. The van der Waals surface area contributed by atoms with Gasteiger partial charge in [0.05, 0.1) is 12.7 Å². The summed E-state index contributed by atoms with van der Waals surface area (Å²) in [4.78, 5) is 1.01. The van der Waals surface area contributed by atoms with Gasteiger partial charge >= 0.3 is 0 Å². The molecule has 6 heteroatoms. The molecule has 2 aromatic carbocycles. The Morgan fingerprint density at radius 1 is 1.13 bits per heavy atom. The number of rotatable bonds is 4. The smallest absolute Gasteiger partial charge is 0.142 e. The molecule has 0 aliphatic heterocycles. The van der Waals surface area contributed by atoms with Gasteiger partial charge in [0.1, 0.15) is 17.2 Å². The fourth-order valence-electron chi connectivity index (χ4n) is 2.49. The maximum absolute atomic E-state index is 5.59. The average molecular weight is 344 g/mol. The van der Waals surface area contributed by atoms with Gasteiger partial charge in [-0.25, -0.2) is 0 Å². The summed E-state index contributed by atoms with van der Waals surface area (Å²) in [5.41, 5.74) is 3.85. The second-order valence-electron chi connectivity index (χ2n) is 5.06. The summed E-state index contributed by atoms with van der Waals surface area (Å²) in [5, 5.41) is 10.8. The summed E-state index contributed by atoms with van der Waals surface area (Å²) in [5.74, 6) is 1.61. The first-order chi connectivity index (χ1) is 11.1. The largest absolute Gasteiger partial charge is 0.496 e. The molecule has 118 valence electrons. The molecule has 2 N–H and O–H groups in total. The van der Waals surface area contributed by atoms with Crippen molar-refractivity contribution in [1.82, 2.24) is 5.16 Å². The lowest BCUT2D eigenvalue weighted by atomic mass is 9.99. The summed E-state index contributed by atoms with van der Waals surface area (Å²) < 4.78 is 10.7. The van der Waals surface area contributed by atoms with E-state index in [4.69, 9.17) is 14.4 Å². The van der Waals surface area contributed by atoms with Gasteiger partial charge in [-0.2, -0.15) is 0 Å². The molecule has 0 amide bonds. The van der Waals surface area contributed by atoms with Gasteiger partial charge < -0.3 is 9.26 Å². The molecule has 0 fully saturated rings. The van der Waals surface area contributed by atoms with Crippen LogP contribution in [0.2, 0.25) is 0 Å². The van der Waals surface area contributed by atoms with Gasteiger partial charge in [0.2, 0.25) is 0 Å². The molecule has 23 heavy (non-hydrogen) atoms. The molecule has 1 atom stereocenters. The zero-order chi connectivity index (χ0) is 16.4. The third kappa shape index (κ3) is 3.13. The zero-order valence-corrected chi connectivity index (χ0v) is 14.8. The molecule has 0 saturated carbocycles. The molecule has 0 radical (unpaired) electrons. The highest BCUT2D eigenvalue weighted by atomic mass is 32.2. The minimum Gasteiger partial charge on any atom is -0.496 e. The zero-order valence-electron chi connectivity index (χ0n) is 12.9. The molecular weight excluding hydrogens is 327 g/mol. The maximum Gasteiger partial charge on any atom is 0.142 e. The van der Waals surface area contributed by atoms with E-state index in [1.165, 1.54) is 11.9 Å². The lowest BCUT2D eigenvalue weighted by molar-refractivity contribution is 0.400. The van der Waals surface area contributed by atoms with Crippen LogP contribution >= 0.6 is 21.2 Å². The number of hydrogen-bond acceptors (Lipinski definition) is 5. The van der Waals surface area contributed by atoms with E-state index in [9.17, 15) is 0 Å². The minimum atomic E-state index is 0.786. The van der Waals surface area contributed by atoms with Crippen molar-refractivity contribution in [3.8, 4) is 28.1 Å². The van der Waals surface area contributed by atoms with E-state index in [0.29, 0.717) is 0 Å². The van der Waals surface area contributed by atoms with Crippen molar-refractivity contribution >= 4 is 26.5 Å². The Morgan fingerprint density at radius 2 is 1.83 bits per heavy atom. The number of ether oxygens (including phenoxy) is 1. The molecular formula is C17H17N2O2PS. The molecule has 0 aliphatic carbocycles. The Labute approximate surface area is 141 Å². The maximum atomic E-state index is 5.59. The van der Waals surface area contributed by atoms with E-state index in [-0.39, 0.29) is 0 Å². The lowest BCUT2D eigenvalue weighted by Gasteiger charge is -2.07. The van der Waals surface area contributed by atoms with Crippen molar-refractivity contribution in [2.75, 3.05) is 7.11 Å². The summed E-state index contributed by atoms with van der Waals surface area (Å²) in [7, 11) is 4.34. The number of aromatic nitrogens is 1. The lowest BCUT2D eigenvalue weighted by Crippen LogP contribution is -1.99. The third-order valence-corrected chi connectivity index (χ3v) is 4.64. The van der Waals surface area contributed by atoms with Crippen molar-refractivity contribution in [3.63, 3.8) is 0 Å². The van der Waals surface area contributed by atoms with E-state index in [0.717, 1.165) is 44.1 Å². The molecule has 3 rings (SSSR count). The summed E-state index contributed by atoms with van der Waals surface area (Å²) in [6, 6.07) is 14.0. The monoisotopic (exact) mass is 344 g/mol. The second kappa shape index (κ2) is 6.75. The first-order valence-corrected chi connectivity index (χ1v) is 8.47. The highest BCUT2D eigenvalue weighted by Gasteiger charge is 2.17. The number of nitrogens with zero attached hydrogens (tertiary/aromatic N) is 1. The summed E-state index contributed by atoms with van der Waals surface area (Å²) >= 11 is 1.23. The number of hydrogen-bond donors (Lipinski definition) is 1. The van der Waals surface area contributed by atoms with Crippen LogP contribution in [0.3, 0.4) is 0 Å². The van der Waals surface area contributed by atoms with Crippen LogP contribution < -0.4 is 15.2 Å². The standard InChI is InChI=1S/C17H17N2O2PS/c1-10-16(11-3-6-13(23-18)7-4-11)17(19-21-10)12-5-8-14(20-2)15(22)9-12/h3-9H,18,22H2,1-2H3. The molecule has 1 aromatic heterocycles. The van der Waals surface area contributed by atoms with Gasteiger partial charge in [-0.1, -0.05) is 17.3 Å². The third-order valence-electron chi connectivity index (χ3n) is 3.64. The number of methoxy groups -OCH3 is 1. The molecule has 0 spiro atoms. The van der Waals surface area contributed by atoms with E-state index < -0.39 is 0 Å². The van der Waals surface area contributed by atoms with Crippen LogP contribution in [-0.2, 0) is 0 Å². The Balaban J connectivity index is 2.09. The molecule has 0 aliphatic rings. The first kappa shape index (κ1) is 16.1. The van der Waals surface area contributed by atoms with Crippen LogP contribution in [0.25, 0.3) is 22.4 Å². The van der Waals surface area contributed by atoms with E-state index in [1.807, 2.05) is 49.4 Å². The summed E-state index contributed by atoms with van der Waals surface area (Å²) in [6.45, 7) is 1.92. The van der Waals surface area contributed by atoms with Crippen molar-refractivity contribution in [2.24, 2.45) is 5.14 Å². The summed E-state index contributed by atoms with van der Waals surface area (Å²) in [6.07, 6.45) is 0. The van der Waals surface area contributed by atoms with Crippen LogP contribution in [0.5, 0.6) is 5.75 Å². The SMILES string of the molecule is COc1ccc(-c2noc(C)c2-c2ccc(SN)cc2)cc1P. The first-order valence-electron chi connectivity index (χ1n) is 7.01. The second-order valence-corrected chi connectivity index (χ2v) is 6.39. The minimum absolute atomic E-state index is 0.786. The van der Waals surface area contributed by atoms with E-state index in [1.54, 1.807) is 7.11 Å². The Morgan fingerprint density at radius 3 is 2.43 bits per heavy atom. The van der Waals surface area contributed by atoms with E-state index in [2.05, 4.69) is 14.4 Å². The van der Waals surface area contributed by atoms with Crippen molar-refractivity contribution in [2.45, 2.75) is 11.8 Å². The quantitative estimate of drug-likeness (QED) is 0.576. The Hall–Kier alpha value is -1.81. The average Bonchev–Trinajstić information content (AvgIpc) is 2.96. The highest BCUT2D eigenvalue weighted by molar-refractivity contribution is 7.97. The van der Waals surface area contributed by atoms with Crippen LogP contribution in [-0.4, -0.2) is 12.3 Å². The topological polar surface area (TPSA) is 61.3 Å². The van der Waals surface area contributed by atoms with Gasteiger partial charge in [0, 0.05) is 15.8 Å². The van der Waals surface area contributed by atoms with Gasteiger partial charge in [0.15, 0.2) is 0 Å². The fourth-order valence-corrected chi connectivity index (χ4v) is 3.18. The highest BCUT2D eigenvalue weighted by Crippen LogP contribution is 2.35. The van der Waals surface area contributed by atoms with Crippen molar-refractivity contribution in [3.05, 3.63) is 48.2 Å². The van der Waals surface area contributed by atoms with Crippen LogP contribution in [0.15, 0.2) is 51.9 Å². The molecule has 1 heterocycles. The molecule has 1 unspecified atom stereocenters. The number of benzene rings is 2. The van der Waals surface area contributed by atoms with Gasteiger partial charge in [0.25, 0.3) is 0 Å². The predicted molar refractivity (Wildman–Crippen MR) is 98.1 cm³/mol. The van der Waals surface area contributed by atoms with E-state index >= 15 is 0 Å². The Kier molecular flexibility index (Phi) is 4.71. The van der Waals surface area contributed by atoms with Crippen molar-refractivity contribution in [1.29, 1.82) is 0 Å². The fraction of sp³-hybridized carbons (Fsp3) is 0.118. The molecule has 0 bridgehead atoms. The van der Waals surface area contributed by atoms with Crippen LogP contribution in [0.4, 0.5) is 0 Å². The predicted octanol–water partition coefficient (Wildman–Crippen LogP) is 3.79. The number of nitrogens with two attached hydrogens (primary N) is 1. The van der Waals surface area contributed by atoms with Crippen LogP contribution in [0.1, 0.15) is 5.76 Å². The van der Waals surface area contributed by atoms with Gasteiger partial charge in [-0.3, -0.25) is 5.14 Å². The van der Waals surface area contributed by atoms with Crippen molar-refractivity contribution < 1.29 is 9.26 Å². The van der Waals surface area contributed by atoms with Gasteiger partial charge in [-0.15, -0.1) is 9.24 Å². The van der Waals surface area contributed by atoms with Gasteiger partial charge in [-0.05, 0) is 54.8 Å². The Bertz CT molecular complexity index is 831.